The van der Waals surface area contributed by atoms with Crippen LogP contribution in [0.5, 0.6) is 5.75 Å². The first-order chi connectivity index (χ1) is 10.5. The van der Waals surface area contributed by atoms with E-state index in [2.05, 4.69) is 0 Å². The molecule has 0 saturated carbocycles. The van der Waals surface area contributed by atoms with Crippen LogP contribution in [0.1, 0.15) is 15.9 Å². The second-order valence-electron chi connectivity index (χ2n) is 5.04. The molecule has 1 aromatic heterocycles. The third kappa shape index (κ3) is 2.65. The Morgan fingerprint density at radius 3 is 2.64 bits per heavy atom. The number of rotatable bonds is 4. The van der Waals surface area contributed by atoms with E-state index in [9.17, 15) is 9.18 Å². The highest BCUT2D eigenvalue weighted by Gasteiger charge is 2.10. The summed E-state index contributed by atoms with van der Waals surface area (Å²) >= 11 is 0. The standard InChI is InChI=1S/C17H14FNO3/c1-19-9-12(10-22-14-5-3-13(18)4-6-14)15-7-2-11(17(20)21)8-16(15)19/h2-9H,10H2,1H3,(H,20,21). The lowest BCUT2D eigenvalue weighted by molar-refractivity contribution is 0.0697. The fraction of sp³-hybridized carbons (Fsp3) is 0.118. The first kappa shape index (κ1) is 14.1. The predicted molar refractivity (Wildman–Crippen MR) is 80.6 cm³/mol. The number of aromatic carboxylic acids is 1. The highest BCUT2D eigenvalue weighted by Crippen LogP contribution is 2.24. The van der Waals surface area contributed by atoms with Crippen LogP contribution in [0, 0.1) is 5.82 Å². The first-order valence-electron chi connectivity index (χ1n) is 6.74. The van der Waals surface area contributed by atoms with Gasteiger partial charge in [-0.05, 0) is 36.4 Å². The van der Waals surface area contributed by atoms with Gasteiger partial charge in [-0.2, -0.15) is 0 Å². The van der Waals surface area contributed by atoms with E-state index < -0.39 is 5.97 Å². The number of aromatic nitrogens is 1. The van der Waals surface area contributed by atoms with Crippen molar-refractivity contribution in [2.75, 3.05) is 0 Å². The molecular formula is C17H14FNO3. The maximum Gasteiger partial charge on any atom is 0.335 e. The molecule has 3 aromatic rings. The number of aryl methyl sites for hydroxylation is 1. The van der Waals surface area contributed by atoms with Crippen molar-refractivity contribution in [1.82, 2.24) is 4.57 Å². The second-order valence-corrected chi connectivity index (χ2v) is 5.04. The van der Waals surface area contributed by atoms with Crippen molar-refractivity contribution in [3.05, 3.63) is 65.6 Å². The summed E-state index contributed by atoms with van der Waals surface area (Å²) in [6.45, 7) is 0.329. The lowest BCUT2D eigenvalue weighted by Gasteiger charge is -2.05. The molecule has 0 radical (unpaired) electrons. The third-order valence-electron chi connectivity index (χ3n) is 3.53. The van der Waals surface area contributed by atoms with Gasteiger partial charge in [0.1, 0.15) is 18.2 Å². The Morgan fingerprint density at radius 1 is 1.23 bits per heavy atom. The maximum absolute atomic E-state index is 12.9. The zero-order valence-corrected chi connectivity index (χ0v) is 11.9. The number of benzene rings is 2. The summed E-state index contributed by atoms with van der Waals surface area (Å²) in [6.07, 6.45) is 1.90. The second kappa shape index (κ2) is 5.52. The Labute approximate surface area is 126 Å². The van der Waals surface area contributed by atoms with E-state index in [4.69, 9.17) is 9.84 Å². The molecule has 0 spiro atoms. The van der Waals surface area contributed by atoms with Crippen molar-refractivity contribution in [1.29, 1.82) is 0 Å². The number of halogens is 1. The summed E-state index contributed by atoms with van der Waals surface area (Å²) in [7, 11) is 1.86. The summed E-state index contributed by atoms with van der Waals surface area (Å²) in [5.41, 5.74) is 2.02. The van der Waals surface area contributed by atoms with Gasteiger partial charge in [-0.3, -0.25) is 0 Å². The van der Waals surface area contributed by atoms with Crippen molar-refractivity contribution < 1.29 is 19.0 Å². The first-order valence-corrected chi connectivity index (χ1v) is 6.74. The lowest BCUT2D eigenvalue weighted by Crippen LogP contribution is -1.96. The maximum atomic E-state index is 12.9. The predicted octanol–water partition coefficient (Wildman–Crippen LogP) is 3.59. The molecule has 0 amide bonds. The van der Waals surface area contributed by atoms with Crippen LogP contribution in [0.4, 0.5) is 4.39 Å². The molecule has 1 heterocycles. The normalized spacial score (nSPS) is 10.8. The van der Waals surface area contributed by atoms with Crippen LogP contribution >= 0.6 is 0 Å². The highest BCUT2D eigenvalue weighted by atomic mass is 19.1. The molecule has 0 aliphatic heterocycles. The molecule has 0 unspecified atom stereocenters. The summed E-state index contributed by atoms with van der Waals surface area (Å²) in [6, 6.07) is 10.8. The number of hydrogen-bond acceptors (Lipinski definition) is 2. The minimum atomic E-state index is -0.952. The molecule has 0 saturated heterocycles. The Balaban J connectivity index is 1.88. The van der Waals surface area contributed by atoms with Crippen molar-refractivity contribution in [3.63, 3.8) is 0 Å². The monoisotopic (exact) mass is 299 g/mol. The minimum absolute atomic E-state index is 0.250. The quantitative estimate of drug-likeness (QED) is 0.801. The molecule has 112 valence electrons. The molecule has 3 rings (SSSR count). The number of carboxylic acids is 1. The molecule has 4 nitrogen and oxygen atoms in total. The van der Waals surface area contributed by atoms with Gasteiger partial charge in [0.25, 0.3) is 0 Å². The fourth-order valence-electron chi connectivity index (χ4n) is 2.41. The van der Waals surface area contributed by atoms with Crippen molar-refractivity contribution >= 4 is 16.9 Å². The SMILES string of the molecule is Cn1cc(COc2ccc(F)cc2)c2ccc(C(=O)O)cc21. The molecule has 0 aliphatic rings. The number of hydrogen-bond donors (Lipinski definition) is 1. The van der Waals surface area contributed by atoms with E-state index in [1.165, 1.54) is 12.1 Å². The molecule has 0 aliphatic carbocycles. The summed E-state index contributed by atoms with van der Waals surface area (Å²) < 4.78 is 20.4. The van der Waals surface area contributed by atoms with Crippen LogP contribution in [0.25, 0.3) is 10.9 Å². The van der Waals surface area contributed by atoms with Crippen LogP contribution in [0.3, 0.4) is 0 Å². The molecule has 2 aromatic carbocycles. The third-order valence-corrected chi connectivity index (χ3v) is 3.53. The Bertz CT molecular complexity index is 837. The van der Waals surface area contributed by atoms with Gasteiger partial charge in [0.2, 0.25) is 0 Å². The van der Waals surface area contributed by atoms with Gasteiger partial charge in [0, 0.05) is 29.7 Å². The summed E-state index contributed by atoms with van der Waals surface area (Å²) in [5.74, 6) is -0.675. The average molecular weight is 299 g/mol. The van der Waals surface area contributed by atoms with Crippen molar-refractivity contribution in [3.8, 4) is 5.75 Å². The van der Waals surface area contributed by atoms with Crippen LogP contribution in [0.15, 0.2) is 48.7 Å². The van der Waals surface area contributed by atoms with Crippen molar-refractivity contribution in [2.45, 2.75) is 6.61 Å². The fourth-order valence-corrected chi connectivity index (χ4v) is 2.41. The van der Waals surface area contributed by atoms with Gasteiger partial charge in [-0.15, -0.1) is 0 Å². The van der Waals surface area contributed by atoms with Gasteiger partial charge in [-0.1, -0.05) is 6.07 Å². The molecule has 22 heavy (non-hydrogen) atoms. The Hall–Kier alpha value is -2.82. The van der Waals surface area contributed by atoms with Gasteiger partial charge in [0.05, 0.1) is 5.56 Å². The zero-order chi connectivity index (χ0) is 15.7. The molecular weight excluding hydrogens is 285 g/mol. The Kier molecular flexibility index (Phi) is 3.55. The van der Waals surface area contributed by atoms with E-state index in [1.54, 1.807) is 30.3 Å². The van der Waals surface area contributed by atoms with Gasteiger partial charge < -0.3 is 14.4 Å². The van der Waals surface area contributed by atoms with Gasteiger partial charge >= 0.3 is 5.97 Å². The van der Waals surface area contributed by atoms with Crippen molar-refractivity contribution in [2.24, 2.45) is 7.05 Å². The number of nitrogens with zero attached hydrogens (tertiary/aromatic N) is 1. The average Bonchev–Trinajstić information content (AvgIpc) is 2.83. The topological polar surface area (TPSA) is 51.5 Å². The molecule has 1 N–H and O–H groups in total. The smallest absolute Gasteiger partial charge is 0.335 e. The number of carbonyl (C=O) groups is 1. The summed E-state index contributed by atoms with van der Waals surface area (Å²) in [4.78, 5) is 11.0. The highest BCUT2D eigenvalue weighted by molar-refractivity contribution is 5.94. The van der Waals surface area contributed by atoms with Crippen LogP contribution in [-0.2, 0) is 13.7 Å². The summed E-state index contributed by atoms with van der Waals surface area (Å²) in [5, 5.41) is 9.99. The van der Waals surface area contributed by atoms with Crippen LogP contribution < -0.4 is 4.74 Å². The van der Waals surface area contributed by atoms with Gasteiger partial charge in [-0.25, -0.2) is 9.18 Å². The number of fused-ring (bicyclic) bond motifs is 1. The molecule has 0 fully saturated rings. The van der Waals surface area contributed by atoms with Gasteiger partial charge in [0.15, 0.2) is 0 Å². The zero-order valence-electron chi connectivity index (χ0n) is 11.9. The molecule has 0 atom stereocenters. The molecule has 0 bridgehead atoms. The number of carboxylic acid groups (broad SMARTS) is 1. The number of ether oxygens (including phenoxy) is 1. The van der Waals surface area contributed by atoms with E-state index in [0.717, 1.165) is 16.5 Å². The minimum Gasteiger partial charge on any atom is -0.489 e. The van der Waals surface area contributed by atoms with E-state index in [-0.39, 0.29) is 11.4 Å². The largest absolute Gasteiger partial charge is 0.489 e. The van der Waals surface area contributed by atoms with E-state index in [0.29, 0.717) is 12.4 Å². The Morgan fingerprint density at radius 2 is 1.95 bits per heavy atom. The lowest BCUT2D eigenvalue weighted by atomic mass is 10.1. The molecule has 5 heteroatoms. The van der Waals surface area contributed by atoms with Crippen LogP contribution in [0.2, 0.25) is 0 Å². The van der Waals surface area contributed by atoms with E-state index >= 15 is 0 Å². The van der Waals surface area contributed by atoms with Crippen LogP contribution in [-0.4, -0.2) is 15.6 Å². The van der Waals surface area contributed by atoms with E-state index in [1.807, 2.05) is 17.8 Å².